The van der Waals surface area contributed by atoms with E-state index in [4.69, 9.17) is 33.2 Å². The number of carbonyl (C=O) groups excluding carboxylic acids is 1. The van der Waals surface area contributed by atoms with E-state index in [0.29, 0.717) is 19.4 Å². The molecule has 0 aromatic rings. The van der Waals surface area contributed by atoms with Gasteiger partial charge in [-0.3, -0.25) is 4.79 Å². The van der Waals surface area contributed by atoms with Crippen LogP contribution in [0.15, 0.2) is 0 Å². The molecule has 0 aromatic carbocycles. The Hall–Kier alpha value is -0.770. The molecule has 0 unspecified atom stereocenters. The van der Waals surface area contributed by atoms with Crippen molar-refractivity contribution in [1.29, 1.82) is 0 Å². The van der Waals surface area contributed by atoms with Crippen LogP contribution in [0.2, 0.25) is 0 Å². The van der Waals surface area contributed by atoms with Crippen LogP contribution in [-0.4, -0.2) is 67.1 Å². The topological polar surface area (TPSA) is 81.7 Å². The molecular weight excluding hydrogens is 464 g/mol. The molecule has 0 aromatic heterocycles. The first-order valence-electron chi connectivity index (χ1n) is 13.6. The molecule has 0 bridgehead atoms. The van der Waals surface area contributed by atoms with E-state index in [1.54, 1.807) is 0 Å². The summed E-state index contributed by atoms with van der Waals surface area (Å²) in [6.07, 6.45) is 1.80. The summed E-state index contributed by atoms with van der Waals surface area (Å²) in [7, 11) is 0. The monoisotopic (exact) mass is 514 g/mol. The lowest BCUT2D eigenvalue weighted by Gasteiger charge is -2.50. The van der Waals surface area contributed by atoms with E-state index in [1.807, 2.05) is 62.3 Å². The van der Waals surface area contributed by atoms with Gasteiger partial charge in [-0.15, -0.1) is 0 Å². The van der Waals surface area contributed by atoms with E-state index < -0.39 is 22.8 Å². The molecule has 8 heteroatoms. The van der Waals surface area contributed by atoms with Crippen LogP contribution in [0.3, 0.4) is 0 Å². The molecule has 7 atom stereocenters. The van der Waals surface area contributed by atoms with Gasteiger partial charge in [0.2, 0.25) is 0 Å². The van der Waals surface area contributed by atoms with Crippen molar-refractivity contribution >= 4 is 5.97 Å². The lowest BCUT2D eigenvalue weighted by atomic mass is 9.81. The molecule has 36 heavy (non-hydrogen) atoms. The van der Waals surface area contributed by atoms with Gasteiger partial charge in [0, 0.05) is 24.7 Å². The molecule has 210 valence electrons. The van der Waals surface area contributed by atoms with Crippen molar-refractivity contribution in [2.24, 2.45) is 17.3 Å². The Bertz CT molecular complexity index is 755. The molecule has 3 saturated heterocycles. The van der Waals surface area contributed by atoms with Gasteiger partial charge >= 0.3 is 5.97 Å². The highest BCUT2D eigenvalue weighted by atomic mass is 16.7. The van der Waals surface area contributed by atoms with Crippen molar-refractivity contribution in [2.75, 3.05) is 13.2 Å². The van der Waals surface area contributed by atoms with E-state index >= 15 is 0 Å². The van der Waals surface area contributed by atoms with Crippen LogP contribution in [0.25, 0.3) is 0 Å². The van der Waals surface area contributed by atoms with Gasteiger partial charge in [-0.2, -0.15) is 0 Å². The molecule has 0 saturated carbocycles. The van der Waals surface area contributed by atoms with Crippen LogP contribution in [0.1, 0.15) is 95.4 Å². The van der Waals surface area contributed by atoms with Crippen LogP contribution >= 0.6 is 0 Å². The average molecular weight is 515 g/mol. The zero-order chi connectivity index (χ0) is 27.1. The second-order valence-electron chi connectivity index (χ2n) is 13.2. The maximum Gasteiger partial charge on any atom is 0.311 e. The van der Waals surface area contributed by atoms with Crippen LogP contribution in [-0.2, 0) is 38.0 Å². The SMILES string of the molecule is C[C@H]([C@H]1OC(C)(C)O[C@H](C[C@@H]2C[C@@H](COC(=O)C(C)(C)C)OC(C)(C)O2)[C@@H]1C)[C@@H]1CCOC(C)(C)O1. The normalized spacial score (nSPS) is 37.2. The number of ether oxygens (including phenoxy) is 7. The Kier molecular flexibility index (Phi) is 8.91. The molecule has 3 aliphatic rings. The summed E-state index contributed by atoms with van der Waals surface area (Å²) in [5, 5.41) is 0. The van der Waals surface area contributed by atoms with Crippen molar-refractivity contribution in [3.63, 3.8) is 0 Å². The first kappa shape index (κ1) is 29.8. The Morgan fingerprint density at radius 1 is 0.917 bits per heavy atom. The third kappa shape index (κ3) is 7.87. The van der Waals surface area contributed by atoms with Crippen LogP contribution in [0.5, 0.6) is 0 Å². The molecule has 3 heterocycles. The van der Waals surface area contributed by atoms with Crippen molar-refractivity contribution in [2.45, 2.75) is 143 Å². The smallest absolute Gasteiger partial charge is 0.311 e. The molecule has 3 fully saturated rings. The fourth-order valence-corrected chi connectivity index (χ4v) is 5.57. The number of esters is 1. The van der Waals surface area contributed by atoms with E-state index in [2.05, 4.69) is 13.8 Å². The quantitative estimate of drug-likeness (QED) is 0.447. The lowest BCUT2D eigenvalue weighted by Crippen LogP contribution is -2.57. The average Bonchev–Trinajstić information content (AvgIpc) is 2.71. The van der Waals surface area contributed by atoms with Crippen molar-refractivity contribution in [3.8, 4) is 0 Å². The van der Waals surface area contributed by atoms with Crippen LogP contribution < -0.4 is 0 Å². The van der Waals surface area contributed by atoms with Gasteiger partial charge in [0.25, 0.3) is 0 Å². The summed E-state index contributed by atoms with van der Waals surface area (Å²) >= 11 is 0. The summed E-state index contributed by atoms with van der Waals surface area (Å²) in [5.41, 5.74) is -0.549. The molecule has 0 radical (unpaired) electrons. The van der Waals surface area contributed by atoms with Crippen molar-refractivity contribution < 1.29 is 38.0 Å². The van der Waals surface area contributed by atoms with E-state index in [1.165, 1.54) is 0 Å². The highest BCUT2D eigenvalue weighted by molar-refractivity contribution is 5.75. The maximum atomic E-state index is 12.3. The number of carbonyl (C=O) groups is 1. The van der Waals surface area contributed by atoms with Crippen molar-refractivity contribution in [3.05, 3.63) is 0 Å². The summed E-state index contributed by atoms with van der Waals surface area (Å²) in [5.74, 6) is -2.02. The van der Waals surface area contributed by atoms with E-state index in [-0.39, 0.29) is 54.9 Å². The largest absolute Gasteiger partial charge is 0.463 e. The van der Waals surface area contributed by atoms with E-state index in [9.17, 15) is 4.79 Å². The first-order valence-corrected chi connectivity index (χ1v) is 13.6. The summed E-state index contributed by atoms with van der Waals surface area (Å²) in [4.78, 5) is 12.3. The Labute approximate surface area is 218 Å². The summed E-state index contributed by atoms with van der Waals surface area (Å²) < 4.78 is 42.9. The van der Waals surface area contributed by atoms with Gasteiger partial charge in [0.1, 0.15) is 6.61 Å². The fraction of sp³-hybridized carbons (Fsp3) is 0.964. The number of hydrogen-bond acceptors (Lipinski definition) is 8. The molecule has 0 N–H and O–H groups in total. The molecule has 8 nitrogen and oxygen atoms in total. The Morgan fingerprint density at radius 3 is 2.14 bits per heavy atom. The second-order valence-corrected chi connectivity index (χ2v) is 13.2. The minimum Gasteiger partial charge on any atom is -0.463 e. The summed E-state index contributed by atoms with van der Waals surface area (Å²) in [6, 6.07) is 0. The van der Waals surface area contributed by atoms with Gasteiger partial charge in [-0.05, 0) is 68.7 Å². The second kappa shape index (κ2) is 10.8. The predicted octanol–water partition coefficient (Wildman–Crippen LogP) is 5.21. The van der Waals surface area contributed by atoms with Crippen LogP contribution in [0.4, 0.5) is 0 Å². The third-order valence-corrected chi connectivity index (χ3v) is 7.29. The molecule has 0 aliphatic carbocycles. The minimum absolute atomic E-state index is 0.0333. The fourth-order valence-electron chi connectivity index (χ4n) is 5.57. The van der Waals surface area contributed by atoms with Crippen LogP contribution in [0, 0.1) is 17.3 Å². The lowest BCUT2D eigenvalue weighted by molar-refractivity contribution is -0.353. The summed E-state index contributed by atoms with van der Waals surface area (Å²) in [6.45, 7) is 22.5. The maximum absolute atomic E-state index is 12.3. The highest BCUT2D eigenvalue weighted by Crippen LogP contribution is 2.41. The zero-order valence-corrected chi connectivity index (χ0v) is 24.3. The third-order valence-electron chi connectivity index (χ3n) is 7.29. The highest BCUT2D eigenvalue weighted by Gasteiger charge is 2.48. The molecular formula is C28H50O8. The Morgan fingerprint density at radius 2 is 1.53 bits per heavy atom. The zero-order valence-electron chi connectivity index (χ0n) is 24.3. The number of rotatable bonds is 6. The van der Waals surface area contributed by atoms with Crippen molar-refractivity contribution in [1.82, 2.24) is 0 Å². The van der Waals surface area contributed by atoms with Gasteiger partial charge < -0.3 is 33.2 Å². The van der Waals surface area contributed by atoms with E-state index in [0.717, 1.165) is 6.42 Å². The number of hydrogen-bond donors (Lipinski definition) is 0. The Balaban J connectivity index is 1.68. The molecule has 0 amide bonds. The van der Waals surface area contributed by atoms with Gasteiger partial charge in [-0.1, -0.05) is 13.8 Å². The molecule has 0 spiro atoms. The molecule has 3 rings (SSSR count). The molecule has 3 aliphatic heterocycles. The minimum atomic E-state index is -0.778. The predicted molar refractivity (Wildman–Crippen MR) is 135 cm³/mol. The van der Waals surface area contributed by atoms with Gasteiger partial charge in [0.05, 0.1) is 42.5 Å². The standard InChI is InChI=1S/C28H50O8/c1-17(21-12-13-31-26(6,7)34-21)23-18(2)22(35-28(10,11)36-23)15-19-14-20(33-27(8,9)32-19)16-30-24(29)25(3,4)5/h17-23H,12-16H2,1-11H3/t17-,18-,19-,20-,21-,22+,23+/m0/s1. The van der Waals surface area contributed by atoms with Gasteiger partial charge in [0.15, 0.2) is 17.4 Å². The van der Waals surface area contributed by atoms with Gasteiger partial charge in [-0.25, -0.2) is 0 Å². The first-order chi connectivity index (χ1) is 16.4.